The molecule has 0 aromatic heterocycles. The third-order valence-electron chi connectivity index (χ3n) is 1.24. The molecule has 1 aliphatic rings. The smallest absolute Gasteiger partial charge is 0.355 e. The van der Waals surface area contributed by atoms with Gasteiger partial charge in [-0.25, -0.2) is 4.79 Å². The zero-order valence-corrected chi connectivity index (χ0v) is 5.81. The lowest BCUT2D eigenvalue weighted by molar-refractivity contribution is -0.136. The van der Waals surface area contributed by atoms with E-state index in [1.54, 1.807) is 6.20 Å². The van der Waals surface area contributed by atoms with E-state index in [1.165, 1.54) is 7.11 Å². The highest BCUT2D eigenvalue weighted by Crippen LogP contribution is 1.92. The Bertz CT molecular complexity index is 165. The number of hydrogen-bond acceptors (Lipinski definition) is 4. The van der Waals surface area contributed by atoms with Crippen LogP contribution in [0, 0.1) is 0 Å². The van der Waals surface area contributed by atoms with Crippen LogP contribution in [-0.4, -0.2) is 26.2 Å². The molecule has 0 bridgehead atoms. The minimum absolute atomic E-state index is 0.327. The predicted molar refractivity (Wildman–Crippen MR) is 36.1 cm³/mol. The molecule has 56 valence electrons. The molecule has 4 heteroatoms. The summed E-state index contributed by atoms with van der Waals surface area (Å²) < 4.78 is 4.48. The first kappa shape index (κ1) is 6.92. The first-order valence-electron chi connectivity index (χ1n) is 3.10. The third-order valence-corrected chi connectivity index (χ3v) is 1.24. The van der Waals surface area contributed by atoms with Crippen LogP contribution in [0.4, 0.5) is 0 Å². The predicted octanol–water partition coefficient (Wildman–Crippen LogP) is -0.806. The summed E-state index contributed by atoms with van der Waals surface area (Å²) in [6.07, 6.45) is 1.62. The third kappa shape index (κ3) is 1.40. The molecule has 0 aromatic rings. The topological polar surface area (TPSA) is 50.4 Å². The Hall–Kier alpha value is -1.19. The van der Waals surface area contributed by atoms with Gasteiger partial charge in [-0.05, 0) is 0 Å². The van der Waals surface area contributed by atoms with Crippen molar-refractivity contribution in [2.75, 3.05) is 20.2 Å². The molecule has 1 heterocycles. The molecular formula is C6H10N2O2. The van der Waals surface area contributed by atoms with Crippen molar-refractivity contribution in [3.63, 3.8) is 0 Å². The van der Waals surface area contributed by atoms with E-state index in [2.05, 4.69) is 15.4 Å². The van der Waals surface area contributed by atoms with E-state index in [0.29, 0.717) is 5.70 Å². The average molecular weight is 142 g/mol. The van der Waals surface area contributed by atoms with Crippen LogP contribution >= 0.6 is 0 Å². The highest BCUT2D eigenvalue weighted by Gasteiger charge is 2.10. The highest BCUT2D eigenvalue weighted by atomic mass is 16.5. The van der Waals surface area contributed by atoms with Gasteiger partial charge in [0.2, 0.25) is 0 Å². The largest absolute Gasteiger partial charge is 0.464 e. The Labute approximate surface area is 59.2 Å². The van der Waals surface area contributed by atoms with E-state index in [-0.39, 0.29) is 5.97 Å². The van der Waals surface area contributed by atoms with Gasteiger partial charge >= 0.3 is 5.97 Å². The van der Waals surface area contributed by atoms with E-state index >= 15 is 0 Å². The van der Waals surface area contributed by atoms with E-state index in [0.717, 1.165) is 13.1 Å². The maximum atomic E-state index is 10.8. The van der Waals surface area contributed by atoms with Crippen molar-refractivity contribution in [3.05, 3.63) is 11.9 Å². The molecule has 0 saturated carbocycles. The average Bonchev–Trinajstić information content (AvgIpc) is 2.05. The molecule has 0 amide bonds. The summed E-state index contributed by atoms with van der Waals surface area (Å²) in [7, 11) is 1.36. The molecular weight excluding hydrogens is 132 g/mol. The van der Waals surface area contributed by atoms with Crippen molar-refractivity contribution in [1.82, 2.24) is 10.6 Å². The Balaban J connectivity index is 2.53. The molecule has 0 atom stereocenters. The molecule has 1 aliphatic heterocycles. The normalized spacial score (nSPS) is 16.3. The highest BCUT2D eigenvalue weighted by molar-refractivity contribution is 5.87. The molecule has 0 aromatic carbocycles. The molecule has 0 fully saturated rings. The van der Waals surface area contributed by atoms with Crippen molar-refractivity contribution >= 4 is 5.97 Å². The summed E-state index contributed by atoms with van der Waals surface area (Å²) in [5.74, 6) is -0.327. The fourth-order valence-corrected chi connectivity index (χ4v) is 0.736. The standard InChI is InChI=1S/C6H10N2O2/c1-10-6(9)5-4-7-2-3-8-5/h4,7-8H,2-3H2,1H3. The zero-order valence-electron chi connectivity index (χ0n) is 5.81. The first-order chi connectivity index (χ1) is 4.84. The lowest BCUT2D eigenvalue weighted by Gasteiger charge is -2.14. The number of nitrogens with one attached hydrogen (secondary N) is 2. The fraction of sp³-hybridized carbons (Fsp3) is 0.500. The Kier molecular flexibility index (Phi) is 2.15. The number of carbonyl (C=O) groups excluding carboxylic acids is 1. The van der Waals surface area contributed by atoms with Crippen LogP contribution in [0.3, 0.4) is 0 Å². The van der Waals surface area contributed by atoms with Gasteiger partial charge in [0, 0.05) is 19.3 Å². The second kappa shape index (κ2) is 3.10. The van der Waals surface area contributed by atoms with Gasteiger partial charge < -0.3 is 15.4 Å². The summed E-state index contributed by atoms with van der Waals surface area (Å²) in [4.78, 5) is 10.8. The number of hydrogen-bond donors (Lipinski definition) is 2. The van der Waals surface area contributed by atoms with Crippen LogP contribution in [0.5, 0.6) is 0 Å². The number of esters is 1. The van der Waals surface area contributed by atoms with Crippen molar-refractivity contribution in [2.24, 2.45) is 0 Å². The Morgan fingerprint density at radius 3 is 3.00 bits per heavy atom. The van der Waals surface area contributed by atoms with E-state index in [1.807, 2.05) is 0 Å². The molecule has 0 unspecified atom stereocenters. The summed E-state index contributed by atoms with van der Waals surface area (Å²) in [6.45, 7) is 1.61. The van der Waals surface area contributed by atoms with Crippen LogP contribution < -0.4 is 10.6 Å². The summed E-state index contributed by atoms with van der Waals surface area (Å²) in [6, 6.07) is 0. The summed E-state index contributed by atoms with van der Waals surface area (Å²) in [5, 5.41) is 5.82. The maximum absolute atomic E-state index is 10.8. The second-order valence-electron chi connectivity index (χ2n) is 1.93. The molecule has 10 heavy (non-hydrogen) atoms. The summed E-state index contributed by atoms with van der Waals surface area (Å²) in [5.41, 5.74) is 0.494. The fourth-order valence-electron chi connectivity index (χ4n) is 0.736. The second-order valence-corrected chi connectivity index (χ2v) is 1.93. The lowest BCUT2D eigenvalue weighted by atomic mass is 10.4. The zero-order chi connectivity index (χ0) is 7.40. The number of ether oxygens (including phenoxy) is 1. The van der Waals surface area contributed by atoms with Crippen molar-refractivity contribution in [2.45, 2.75) is 0 Å². The molecule has 1 rings (SSSR count). The van der Waals surface area contributed by atoms with Crippen molar-refractivity contribution in [3.8, 4) is 0 Å². The summed E-state index contributed by atoms with van der Waals surface area (Å²) >= 11 is 0. The number of carbonyl (C=O) groups is 1. The van der Waals surface area contributed by atoms with Gasteiger partial charge in [0.1, 0.15) is 5.70 Å². The van der Waals surface area contributed by atoms with Crippen LogP contribution in [0.15, 0.2) is 11.9 Å². The molecule has 4 nitrogen and oxygen atoms in total. The molecule has 0 radical (unpaired) electrons. The molecule has 0 saturated heterocycles. The van der Waals surface area contributed by atoms with E-state index < -0.39 is 0 Å². The van der Waals surface area contributed by atoms with Crippen molar-refractivity contribution in [1.29, 1.82) is 0 Å². The monoisotopic (exact) mass is 142 g/mol. The molecule has 0 spiro atoms. The maximum Gasteiger partial charge on any atom is 0.355 e. The minimum atomic E-state index is -0.327. The SMILES string of the molecule is COC(=O)C1=CNCCN1. The Morgan fingerprint density at radius 2 is 2.50 bits per heavy atom. The quantitative estimate of drug-likeness (QED) is 0.470. The first-order valence-corrected chi connectivity index (χ1v) is 3.10. The van der Waals surface area contributed by atoms with Gasteiger partial charge in [0.25, 0.3) is 0 Å². The van der Waals surface area contributed by atoms with Gasteiger partial charge in [-0.2, -0.15) is 0 Å². The number of rotatable bonds is 1. The Morgan fingerprint density at radius 1 is 1.70 bits per heavy atom. The molecule has 0 aliphatic carbocycles. The van der Waals surface area contributed by atoms with E-state index in [4.69, 9.17) is 0 Å². The van der Waals surface area contributed by atoms with Crippen LogP contribution in [0.25, 0.3) is 0 Å². The van der Waals surface area contributed by atoms with E-state index in [9.17, 15) is 4.79 Å². The van der Waals surface area contributed by atoms with Gasteiger partial charge in [-0.1, -0.05) is 0 Å². The van der Waals surface area contributed by atoms with Crippen LogP contribution in [-0.2, 0) is 9.53 Å². The van der Waals surface area contributed by atoms with Crippen LogP contribution in [0.1, 0.15) is 0 Å². The number of methoxy groups -OCH3 is 1. The minimum Gasteiger partial charge on any atom is -0.464 e. The van der Waals surface area contributed by atoms with Gasteiger partial charge in [-0.3, -0.25) is 0 Å². The molecule has 2 N–H and O–H groups in total. The van der Waals surface area contributed by atoms with Gasteiger partial charge in [0.15, 0.2) is 0 Å². The van der Waals surface area contributed by atoms with Gasteiger partial charge in [0.05, 0.1) is 7.11 Å². The van der Waals surface area contributed by atoms with Crippen LogP contribution in [0.2, 0.25) is 0 Å². The van der Waals surface area contributed by atoms with Crippen molar-refractivity contribution < 1.29 is 9.53 Å². The lowest BCUT2D eigenvalue weighted by Crippen LogP contribution is -2.34. The van der Waals surface area contributed by atoms with Gasteiger partial charge in [-0.15, -0.1) is 0 Å².